The predicted octanol–water partition coefficient (Wildman–Crippen LogP) is 3.37. The molecule has 3 nitrogen and oxygen atoms in total. The number of piperazine rings is 1. The van der Waals surface area contributed by atoms with Crippen LogP contribution in [0.1, 0.15) is 16.9 Å². The van der Waals surface area contributed by atoms with E-state index in [2.05, 4.69) is 68.2 Å². The lowest BCUT2D eigenvalue weighted by atomic mass is 9.99. The van der Waals surface area contributed by atoms with Crippen LogP contribution >= 0.6 is 27.3 Å². The second-order valence-corrected chi connectivity index (χ2v) is 9.52. The lowest BCUT2D eigenvalue weighted by Gasteiger charge is -2.43. The smallest absolute Gasteiger partial charge is 0.0701 e. The van der Waals surface area contributed by atoms with Gasteiger partial charge in [-0.15, -0.1) is 11.3 Å². The van der Waals surface area contributed by atoms with Crippen molar-refractivity contribution in [2.24, 2.45) is 0 Å². The Labute approximate surface area is 156 Å². The summed E-state index contributed by atoms with van der Waals surface area (Å²) < 4.78 is 1.20. The van der Waals surface area contributed by atoms with Crippen LogP contribution < -0.4 is 0 Å². The topological polar surface area (TPSA) is 26.7 Å². The van der Waals surface area contributed by atoms with Crippen LogP contribution in [-0.2, 0) is 13.0 Å². The first-order valence-corrected chi connectivity index (χ1v) is 10.2. The highest BCUT2D eigenvalue weighted by atomic mass is 79.9. The normalized spacial score (nSPS) is 28.2. The number of benzene rings is 1. The Bertz CT molecular complexity index is 677. The molecule has 4 rings (SSSR count). The van der Waals surface area contributed by atoms with Crippen molar-refractivity contribution in [3.8, 4) is 0 Å². The molecule has 0 amide bonds. The van der Waals surface area contributed by atoms with Crippen LogP contribution in [0, 0.1) is 0 Å². The Balaban J connectivity index is 1.52. The van der Waals surface area contributed by atoms with Gasteiger partial charge in [-0.25, -0.2) is 0 Å². The molecule has 0 bridgehead atoms. The molecule has 2 aliphatic heterocycles. The van der Waals surface area contributed by atoms with Crippen LogP contribution in [0.4, 0.5) is 0 Å². The fourth-order valence-corrected chi connectivity index (χ4v) is 5.60. The van der Waals surface area contributed by atoms with Crippen molar-refractivity contribution in [2.45, 2.75) is 37.6 Å². The van der Waals surface area contributed by atoms with Gasteiger partial charge in [0.1, 0.15) is 0 Å². The van der Waals surface area contributed by atoms with Crippen molar-refractivity contribution in [3.63, 3.8) is 0 Å². The number of fused-ring (bicyclic) bond motifs is 1. The number of hydrogen-bond acceptors (Lipinski definition) is 4. The highest BCUT2D eigenvalue weighted by Gasteiger charge is 2.39. The second kappa shape index (κ2) is 7.26. The molecule has 0 spiro atoms. The van der Waals surface area contributed by atoms with Gasteiger partial charge in [0.25, 0.3) is 0 Å². The molecule has 3 atom stereocenters. The number of hydrogen-bond donors (Lipinski definition) is 1. The molecule has 3 heterocycles. The van der Waals surface area contributed by atoms with Crippen molar-refractivity contribution in [1.82, 2.24) is 9.80 Å². The first-order valence-electron chi connectivity index (χ1n) is 8.61. The van der Waals surface area contributed by atoms with E-state index in [1.807, 2.05) is 11.3 Å². The minimum absolute atomic E-state index is 0.150. The van der Waals surface area contributed by atoms with E-state index in [0.29, 0.717) is 12.1 Å². The molecule has 0 saturated carbocycles. The number of thiophene rings is 1. The van der Waals surface area contributed by atoms with Crippen LogP contribution in [0.25, 0.3) is 0 Å². The van der Waals surface area contributed by atoms with Gasteiger partial charge in [-0.2, -0.15) is 0 Å². The van der Waals surface area contributed by atoms with E-state index >= 15 is 0 Å². The summed E-state index contributed by atoms with van der Waals surface area (Å²) in [5.41, 5.74) is 1.40. The monoisotopic (exact) mass is 406 g/mol. The molecule has 2 aliphatic rings. The van der Waals surface area contributed by atoms with Crippen LogP contribution in [0.15, 0.2) is 46.3 Å². The highest BCUT2D eigenvalue weighted by molar-refractivity contribution is 9.11. The van der Waals surface area contributed by atoms with Gasteiger partial charge in [-0.05, 0) is 46.5 Å². The Morgan fingerprint density at radius 1 is 1.08 bits per heavy atom. The SMILES string of the molecule is O[C@@H]1C[C@H]2CN(Cc3ccc(Br)s3)[C@H](Cc3ccccc3)CN2C1. The summed E-state index contributed by atoms with van der Waals surface area (Å²) in [7, 11) is 0. The summed E-state index contributed by atoms with van der Waals surface area (Å²) >= 11 is 5.41. The van der Waals surface area contributed by atoms with Gasteiger partial charge in [0.05, 0.1) is 9.89 Å². The molecule has 1 N–H and O–H groups in total. The fourth-order valence-electron chi connectivity index (χ4n) is 4.09. The van der Waals surface area contributed by atoms with Gasteiger partial charge in [0.15, 0.2) is 0 Å². The Hall–Kier alpha value is -0.720. The first-order chi connectivity index (χ1) is 11.7. The van der Waals surface area contributed by atoms with E-state index in [0.717, 1.165) is 39.0 Å². The van der Waals surface area contributed by atoms with Gasteiger partial charge in [-0.3, -0.25) is 9.80 Å². The third-order valence-electron chi connectivity index (χ3n) is 5.21. The average molecular weight is 407 g/mol. The first kappa shape index (κ1) is 16.7. The molecule has 2 aromatic rings. The van der Waals surface area contributed by atoms with Crippen LogP contribution in [0.3, 0.4) is 0 Å². The third-order valence-corrected chi connectivity index (χ3v) is 6.82. The van der Waals surface area contributed by atoms with Gasteiger partial charge < -0.3 is 5.11 Å². The van der Waals surface area contributed by atoms with Crippen molar-refractivity contribution in [3.05, 3.63) is 56.7 Å². The number of nitrogens with zero attached hydrogens (tertiary/aromatic N) is 2. The van der Waals surface area contributed by atoms with E-state index in [1.54, 1.807) is 0 Å². The second-order valence-electron chi connectivity index (χ2n) is 6.98. The minimum Gasteiger partial charge on any atom is -0.392 e. The van der Waals surface area contributed by atoms with Crippen LogP contribution in [0.5, 0.6) is 0 Å². The molecule has 1 aromatic carbocycles. The van der Waals surface area contributed by atoms with Crippen molar-refractivity contribution < 1.29 is 5.11 Å². The number of aliphatic hydroxyl groups excluding tert-OH is 1. The molecule has 1 aromatic heterocycles. The zero-order valence-corrected chi connectivity index (χ0v) is 16.0. The summed E-state index contributed by atoms with van der Waals surface area (Å²) in [4.78, 5) is 6.54. The summed E-state index contributed by atoms with van der Waals surface area (Å²) in [5.74, 6) is 0. The van der Waals surface area contributed by atoms with E-state index in [4.69, 9.17) is 0 Å². The number of rotatable bonds is 4. The standard InChI is InChI=1S/C19H23BrN2OS/c20-19-7-6-18(24-19)13-22-11-16-9-17(23)12-21(16)10-15(22)8-14-4-2-1-3-5-14/h1-7,15-17,23H,8-13H2/t15-,16+,17-/m1/s1. The summed E-state index contributed by atoms with van der Waals surface area (Å²) in [6.07, 6.45) is 1.85. The number of halogens is 1. The van der Waals surface area contributed by atoms with Crippen molar-refractivity contribution in [2.75, 3.05) is 19.6 Å². The molecular weight excluding hydrogens is 384 g/mol. The molecular formula is C19H23BrN2OS. The summed E-state index contributed by atoms with van der Waals surface area (Å²) in [5, 5.41) is 10.1. The van der Waals surface area contributed by atoms with Gasteiger partial charge in [-0.1, -0.05) is 30.3 Å². The van der Waals surface area contributed by atoms with E-state index in [-0.39, 0.29) is 6.10 Å². The third kappa shape index (κ3) is 3.75. The maximum absolute atomic E-state index is 10.1. The largest absolute Gasteiger partial charge is 0.392 e. The maximum Gasteiger partial charge on any atom is 0.0701 e. The quantitative estimate of drug-likeness (QED) is 0.842. The predicted molar refractivity (Wildman–Crippen MR) is 102 cm³/mol. The fraction of sp³-hybridized carbons (Fsp3) is 0.474. The van der Waals surface area contributed by atoms with Gasteiger partial charge in [0, 0.05) is 43.1 Å². The van der Waals surface area contributed by atoms with Gasteiger partial charge >= 0.3 is 0 Å². The molecule has 24 heavy (non-hydrogen) atoms. The van der Waals surface area contributed by atoms with Crippen LogP contribution in [0.2, 0.25) is 0 Å². The summed E-state index contributed by atoms with van der Waals surface area (Å²) in [6.45, 7) is 3.97. The zero-order chi connectivity index (χ0) is 16.5. The molecule has 128 valence electrons. The van der Waals surface area contributed by atoms with E-state index in [9.17, 15) is 5.11 Å². The van der Waals surface area contributed by atoms with E-state index < -0.39 is 0 Å². The Morgan fingerprint density at radius 3 is 2.67 bits per heavy atom. The maximum atomic E-state index is 10.1. The molecule has 2 fully saturated rings. The Kier molecular flexibility index (Phi) is 5.06. The molecule has 0 radical (unpaired) electrons. The highest BCUT2D eigenvalue weighted by Crippen LogP contribution is 2.30. The molecule has 5 heteroatoms. The van der Waals surface area contributed by atoms with Crippen molar-refractivity contribution in [1.29, 1.82) is 0 Å². The molecule has 0 aliphatic carbocycles. The summed E-state index contributed by atoms with van der Waals surface area (Å²) in [6, 6.07) is 16.2. The van der Waals surface area contributed by atoms with Crippen LogP contribution in [-0.4, -0.2) is 52.7 Å². The number of aliphatic hydroxyl groups is 1. The van der Waals surface area contributed by atoms with E-state index in [1.165, 1.54) is 14.2 Å². The lowest BCUT2D eigenvalue weighted by molar-refractivity contribution is 0.0452. The average Bonchev–Trinajstić information content (AvgIpc) is 3.13. The van der Waals surface area contributed by atoms with Gasteiger partial charge in [0.2, 0.25) is 0 Å². The Morgan fingerprint density at radius 2 is 1.92 bits per heavy atom. The minimum atomic E-state index is -0.150. The molecule has 2 saturated heterocycles. The zero-order valence-electron chi connectivity index (χ0n) is 13.6. The van der Waals surface area contributed by atoms with Crippen molar-refractivity contribution >= 4 is 27.3 Å². The molecule has 0 unspecified atom stereocenters. The lowest BCUT2D eigenvalue weighted by Crippen LogP contribution is -2.56.